The van der Waals surface area contributed by atoms with Crippen LogP contribution in [-0.4, -0.2) is 75.5 Å². The maximum Gasteiger partial charge on any atom is 0.0596 e. The summed E-state index contributed by atoms with van der Waals surface area (Å²) in [5.41, 5.74) is 0.857. The van der Waals surface area contributed by atoms with Crippen LogP contribution in [0, 0.1) is 22.7 Å². The predicted molar refractivity (Wildman–Crippen MR) is 123 cm³/mol. The fourth-order valence-corrected chi connectivity index (χ4v) is 5.98. The summed E-state index contributed by atoms with van der Waals surface area (Å²) in [6.45, 7) is 23.3. The Labute approximate surface area is 181 Å². The molecule has 0 aromatic heterocycles. The molecule has 2 fully saturated rings. The first kappa shape index (κ1) is 25.1. The minimum Gasteiger partial charge on any atom is -0.383 e. The van der Waals surface area contributed by atoms with E-state index in [0.29, 0.717) is 16.9 Å². The van der Waals surface area contributed by atoms with Gasteiger partial charge in [-0.3, -0.25) is 0 Å². The average Bonchev–Trinajstić information content (AvgIpc) is 2.66. The Bertz CT molecular complexity index is 448. The zero-order valence-electron chi connectivity index (χ0n) is 20.6. The molecule has 0 spiro atoms. The molecule has 172 valence electrons. The number of ether oxygens (including phenoxy) is 2. The molecular weight excluding hydrogens is 360 g/mol. The molecule has 2 saturated heterocycles. The molecule has 0 radical (unpaired) electrons. The Morgan fingerprint density at radius 1 is 0.759 bits per heavy atom. The van der Waals surface area contributed by atoms with E-state index in [-0.39, 0.29) is 0 Å². The summed E-state index contributed by atoms with van der Waals surface area (Å²) < 4.78 is 11.0. The summed E-state index contributed by atoms with van der Waals surface area (Å²) in [5, 5.41) is 0. The van der Waals surface area contributed by atoms with Crippen LogP contribution >= 0.6 is 0 Å². The molecule has 0 atom stereocenters. The van der Waals surface area contributed by atoms with Gasteiger partial charge >= 0.3 is 0 Å². The van der Waals surface area contributed by atoms with Crippen LogP contribution in [0.4, 0.5) is 0 Å². The van der Waals surface area contributed by atoms with Gasteiger partial charge in [-0.2, -0.15) is 0 Å². The van der Waals surface area contributed by atoms with Crippen molar-refractivity contribution in [3.05, 3.63) is 0 Å². The second-order valence-corrected chi connectivity index (χ2v) is 11.3. The van der Waals surface area contributed by atoms with Crippen molar-refractivity contribution in [3.8, 4) is 0 Å². The number of methoxy groups -OCH3 is 1. The number of hydrogen-bond acceptors (Lipinski definition) is 4. The number of nitrogens with zero attached hydrogens (tertiary/aromatic N) is 2. The van der Waals surface area contributed by atoms with Crippen molar-refractivity contribution in [1.29, 1.82) is 0 Å². The van der Waals surface area contributed by atoms with Crippen LogP contribution in [0.2, 0.25) is 0 Å². The van der Waals surface area contributed by atoms with E-state index in [9.17, 15) is 0 Å². The first-order chi connectivity index (χ1) is 13.6. The maximum atomic E-state index is 5.75. The molecule has 0 bridgehead atoms. The highest BCUT2D eigenvalue weighted by molar-refractivity contribution is 4.92. The summed E-state index contributed by atoms with van der Waals surface area (Å²) in [4.78, 5) is 5.19. The quantitative estimate of drug-likeness (QED) is 0.482. The minimum atomic E-state index is 0.348. The Morgan fingerprint density at radius 2 is 1.17 bits per heavy atom. The van der Waals surface area contributed by atoms with Crippen LogP contribution in [-0.2, 0) is 9.47 Å². The second-order valence-electron chi connectivity index (χ2n) is 11.3. The molecule has 0 aromatic carbocycles. The van der Waals surface area contributed by atoms with Gasteiger partial charge in [0.2, 0.25) is 0 Å². The van der Waals surface area contributed by atoms with E-state index in [0.717, 1.165) is 38.1 Å². The molecule has 4 heteroatoms. The van der Waals surface area contributed by atoms with E-state index in [1.807, 2.05) is 7.11 Å². The standard InChI is InChI=1S/C25H50N2O2/c1-21(2)29-19-17-27-14-10-23(11-15-27)25(5,6)20-24(3,4)22-8-12-26(13-9-22)16-18-28-7/h21-23H,8-20H2,1-7H3. The van der Waals surface area contributed by atoms with Crippen LogP contribution in [0.1, 0.15) is 73.6 Å². The lowest BCUT2D eigenvalue weighted by Crippen LogP contribution is -2.44. The van der Waals surface area contributed by atoms with E-state index in [1.165, 1.54) is 58.3 Å². The van der Waals surface area contributed by atoms with Crippen molar-refractivity contribution in [2.24, 2.45) is 22.7 Å². The van der Waals surface area contributed by atoms with Crippen LogP contribution in [0.15, 0.2) is 0 Å². The zero-order chi connectivity index (χ0) is 21.5. The molecule has 2 aliphatic heterocycles. The molecule has 2 heterocycles. The smallest absolute Gasteiger partial charge is 0.0596 e. The number of rotatable bonds is 11. The van der Waals surface area contributed by atoms with Crippen molar-refractivity contribution in [3.63, 3.8) is 0 Å². The van der Waals surface area contributed by atoms with E-state index >= 15 is 0 Å². The van der Waals surface area contributed by atoms with Crippen LogP contribution in [0.5, 0.6) is 0 Å². The lowest BCUT2D eigenvalue weighted by atomic mass is 9.61. The van der Waals surface area contributed by atoms with Gasteiger partial charge in [-0.05, 0) is 94.8 Å². The van der Waals surface area contributed by atoms with Gasteiger partial charge in [-0.1, -0.05) is 27.7 Å². The fraction of sp³-hybridized carbons (Fsp3) is 1.00. The summed E-state index contributed by atoms with van der Waals surface area (Å²) in [7, 11) is 1.81. The number of likely N-dealkylation sites (tertiary alicyclic amines) is 2. The molecule has 0 unspecified atom stereocenters. The van der Waals surface area contributed by atoms with Gasteiger partial charge in [0.05, 0.1) is 19.3 Å². The van der Waals surface area contributed by atoms with Crippen LogP contribution in [0.25, 0.3) is 0 Å². The highest BCUT2D eigenvalue weighted by Crippen LogP contribution is 2.48. The monoisotopic (exact) mass is 410 g/mol. The Morgan fingerprint density at radius 3 is 1.55 bits per heavy atom. The van der Waals surface area contributed by atoms with Gasteiger partial charge in [0.15, 0.2) is 0 Å². The van der Waals surface area contributed by atoms with Crippen molar-refractivity contribution >= 4 is 0 Å². The molecule has 29 heavy (non-hydrogen) atoms. The largest absolute Gasteiger partial charge is 0.383 e. The Balaban J connectivity index is 1.78. The topological polar surface area (TPSA) is 24.9 Å². The van der Waals surface area contributed by atoms with E-state index in [4.69, 9.17) is 9.47 Å². The van der Waals surface area contributed by atoms with Gasteiger partial charge in [0.25, 0.3) is 0 Å². The summed E-state index contributed by atoms with van der Waals surface area (Å²) in [6, 6.07) is 0. The molecule has 0 amide bonds. The Kier molecular flexibility index (Phi) is 9.92. The van der Waals surface area contributed by atoms with Gasteiger partial charge in [0.1, 0.15) is 0 Å². The van der Waals surface area contributed by atoms with Gasteiger partial charge in [-0.15, -0.1) is 0 Å². The molecule has 0 saturated carbocycles. The predicted octanol–water partition coefficient (Wildman–Crippen LogP) is 4.92. The van der Waals surface area contributed by atoms with Crippen molar-refractivity contribution in [2.45, 2.75) is 79.8 Å². The highest BCUT2D eigenvalue weighted by Gasteiger charge is 2.40. The molecular formula is C25H50N2O2. The lowest BCUT2D eigenvalue weighted by molar-refractivity contribution is 0.00868. The average molecular weight is 411 g/mol. The molecule has 2 rings (SSSR count). The van der Waals surface area contributed by atoms with E-state index in [2.05, 4.69) is 51.3 Å². The SMILES string of the molecule is COCCN1CCC(C(C)(C)CC(C)(C)C2CCN(CCOC(C)C)CC2)CC1. The third kappa shape index (κ3) is 8.12. The van der Waals surface area contributed by atoms with Crippen molar-refractivity contribution in [2.75, 3.05) is 59.6 Å². The van der Waals surface area contributed by atoms with Gasteiger partial charge in [-0.25, -0.2) is 0 Å². The van der Waals surface area contributed by atoms with Gasteiger partial charge < -0.3 is 19.3 Å². The fourth-order valence-electron chi connectivity index (χ4n) is 5.98. The molecule has 0 N–H and O–H groups in total. The van der Waals surface area contributed by atoms with E-state index in [1.54, 1.807) is 0 Å². The summed E-state index contributed by atoms with van der Waals surface area (Å²) >= 11 is 0. The zero-order valence-corrected chi connectivity index (χ0v) is 20.6. The van der Waals surface area contributed by atoms with Crippen molar-refractivity contribution < 1.29 is 9.47 Å². The van der Waals surface area contributed by atoms with Gasteiger partial charge in [0, 0.05) is 20.2 Å². The van der Waals surface area contributed by atoms with Crippen LogP contribution in [0.3, 0.4) is 0 Å². The van der Waals surface area contributed by atoms with Crippen LogP contribution < -0.4 is 0 Å². The third-order valence-electron chi connectivity index (χ3n) is 7.77. The molecule has 2 aliphatic rings. The second kappa shape index (κ2) is 11.5. The normalized spacial score (nSPS) is 21.9. The summed E-state index contributed by atoms with van der Waals surface area (Å²) in [6.07, 6.45) is 7.09. The minimum absolute atomic E-state index is 0.348. The lowest BCUT2D eigenvalue weighted by Gasteiger charge is -2.48. The molecule has 0 aliphatic carbocycles. The molecule has 4 nitrogen and oxygen atoms in total. The number of piperidine rings is 2. The molecule has 0 aromatic rings. The number of hydrogen-bond donors (Lipinski definition) is 0. The van der Waals surface area contributed by atoms with E-state index < -0.39 is 0 Å². The summed E-state index contributed by atoms with van der Waals surface area (Å²) in [5.74, 6) is 1.71. The first-order valence-corrected chi connectivity index (χ1v) is 12.2. The van der Waals surface area contributed by atoms with Crippen molar-refractivity contribution in [1.82, 2.24) is 9.80 Å². The third-order valence-corrected chi connectivity index (χ3v) is 7.77. The maximum absolute atomic E-state index is 5.75. The first-order valence-electron chi connectivity index (χ1n) is 12.2. The highest BCUT2D eigenvalue weighted by atomic mass is 16.5. The Hall–Kier alpha value is -0.160.